The van der Waals surface area contributed by atoms with Crippen LogP contribution in [0.2, 0.25) is 5.02 Å². The zero-order chi connectivity index (χ0) is 40.4. The second kappa shape index (κ2) is 17.3. The molecule has 1 unspecified atom stereocenters. The Kier molecular flexibility index (Phi) is 12.2. The Hall–Kier alpha value is -3.95. The Morgan fingerprint density at radius 1 is 1.16 bits per heavy atom. The molecule has 1 saturated carbocycles. The lowest BCUT2D eigenvalue weighted by atomic mass is 9.68. The van der Waals surface area contributed by atoms with Crippen LogP contribution in [-0.4, -0.2) is 109 Å². The third-order valence-electron chi connectivity index (χ3n) is 12.6. The zero-order valence-corrected chi connectivity index (χ0v) is 35.3. The summed E-state index contributed by atoms with van der Waals surface area (Å²) in [6.07, 6.45) is 11.3. The Morgan fingerprint density at radius 2 is 2.00 bits per heavy atom. The number of methoxy groups -OCH3 is 1. The number of carbonyl (C=O) groups is 2. The van der Waals surface area contributed by atoms with Crippen molar-refractivity contribution in [3.05, 3.63) is 82.0 Å². The van der Waals surface area contributed by atoms with Crippen LogP contribution >= 0.6 is 11.6 Å². The van der Waals surface area contributed by atoms with Gasteiger partial charge in [-0.2, -0.15) is 0 Å². The van der Waals surface area contributed by atoms with Crippen molar-refractivity contribution in [2.45, 2.75) is 57.0 Å². The molecule has 2 aliphatic carbocycles. The van der Waals surface area contributed by atoms with Gasteiger partial charge < -0.3 is 23.8 Å². The van der Waals surface area contributed by atoms with Gasteiger partial charge in [-0.1, -0.05) is 36.7 Å². The maximum Gasteiger partial charge on any atom is 0.286 e. The molecule has 58 heavy (non-hydrogen) atoms. The molecule has 0 radical (unpaired) electrons. The number of fused-ring (bicyclic) bond motifs is 4. The molecule has 3 aromatic rings. The smallest absolute Gasteiger partial charge is 0.286 e. The zero-order valence-electron chi connectivity index (χ0n) is 33.7. The van der Waals surface area contributed by atoms with Crippen molar-refractivity contribution < 1.29 is 32.7 Å². The normalized spacial score (nSPS) is 29.5. The summed E-state index contributed by atoms with van der Waals surface area (Å²) in [5.74, 6) is -0.0830. The minimum atomic E-state index is -3.65. The standard InChI is InChI=1S/C43H55ClN6O7S/c1-29-6-4-8-38(54-3)34-12-9-32(34)24-50-27-43(15-5-7-30-22-33(44)11-13-36(30)43)28-57-39-14-10-31(23-37(39)50)40(51)46-58(53,26-29)47-41(52)35-25-48(2)45-42(35)56-21-18-49-16-19-55-20-17-49/h4,8,10-11,13-14,22-23,25,29,32,34,38H,5-7,9,12,15-21,24,26-28H2,1-3H3,(H,46,47,51,52,53)/b8-4+/t29?,32-,34+,38-,43-,58-/m0/s1. The molecule has 2 aromatic carbocycles. The Bertz CT molecular complexity index is 2160. The maximum atomic E-state index is 14.9. The fourth-order valence-electron chi connectivity index (χ4n) is 9.39. The maximum absolute atomic E-state index is 14.9. The molecule has 4 heterocycles. The fourth-order valence-corrected chi connectivity index (χ4v) is 11.5. The number of carbonyl (C=O) groups excluding carboxylic acids is 2. The summed E-state index contributed by atoms with van der Waals surface area (Å²) in [6.45, 7) is 7.79. The second-order valence-corrected chi connectivity index (χ2v) is 19.2. The van der Waals surface area contributed by atoms with E-state index in [2.05, 4.69) is 48.3 Å². The van der Waals surface area contributed by atoms with Crippen molar-refractivity contribution in [1.29, 1.82) is 0 Å². The van der Waals surface area contributed by atoms with E-state index in [-0.39, 0.29) is 40.2 Å². The second-order valence-electron chi connectivity index (χ2n) is 16.7. The lowest BCUT2D eigenvalue weighted by Gasteiger charge is -2.46. The van der Waals surface area contributed by atoms with Crippen LogP contribution in [0.5, 0.6) is 11.6 Å². The summed E-state index contributed by atoms with van der Waals surface area (Å²) in [4.78, 5) is 32.8. The average Bonchev–Trinajstić information content (AvgIpc) is 3.50. The number of hydrogen-bond donors (Lipinski definition) is 1. The number of rotatable bonds is 7. The fraction of sp³-hybridized carbons (Fsp3) is 0.558. The van der Waals surface area contributed by atoms with Gasteiger partial charge >= 0.3 is 0 Å². The molecule has 1 aromatic heterocycles. The lowest BCUT2D eigenvalue weighted by Crippen LogP contribution is -2.49. The first kappa shape index (κ1) is 40.8. The number of nitrogens with one attached hydrogen (secondary N) is 1. The SMILES string of the molecule is CO[C@H]1/C=C/CC(C)C[S@@](=O)(NC(=O)c2cn(C)nc2OCCN2CCOCC2)=NC(=O)c2ccc3c(c2)N(C[C@@H]2CC[C@H]21)C[C@@]1(CCCc2cc(Cl)ccc21)CO3. The molecule has 2 fully saturated rings. The topological polar surface area (TPSA) is 137 Å². The first-order valence-electron chi connectivity index (χ1n) is 20.6. The molecule has 13 nitrogen and oxygen atoms in total. The highest BCUT2D eigenvalue weighted by molar-refractivity contribution is 7.92. The molecule has 3 aliphatic heterocycles. The van der Waals surface area contributed by atoms with E-state index in [9.17, 15) is 13.8 Å². The number of halogens is 1. The van der Waals surface area contributed by atoms with Gasteiger partial charge in [-0.3, -0.25) is 23.9 Å². The van der Waals surface area contributed by atoms with Gasteiger partial charge in [0.15, 0.2) is 0 Å². The minimum absolute atomic E-state index is 0.0435. The van der Waals surface area contributed by atoms with Crippen LogP contribution in [0.3, 0.4) is 0 Å². The van der Waals surface area contributed by atoms with Crippen molar-refractivity contribution in [1.82, 2.24) is 19.4 Å². The van der Waals surface area contributed by atoms with E-state index in [1.54, 1.807) is 20.2 Å². The van der Waals surface area contributed by atoms with Gasteiger partial charge in [0.25, 0.3) is 11.8 Å². The summed E-state index contributed by atoms with van der Waals surface area (Å²) >= 11 is 6.49. The van der Waals surface area contributed by atoms with Gasteiger partial charge in [-0.05, 0) is 97.7 Å². The first-order valence-corrected chi connectivity index (χ1v) is 22.7. The van der Waals surface area contributed by atoms with E-state index in [1.165, 1.54) is 22.0 Å². The average molecular weight is 835 g/mol. The summed E-state index contributed by atoms with van der Waals surface area (Å²) in [5, 5.41) is 5.10. The Labute approximate surface area is 346 Å². The van der Waals surface area contributed by atoms with Gasteiger partial charge in [-0.25, -0.2) is 4.21 Å². The number of benzene rings is 2. The summed E-state index contributed by atoms with van der Waals surface area (Å²) < 4.78 is 47.6. The molecule has 2 amide bonds. The van der Waals surface area contributed by atoms with Crippen LogP contribution in [-0.2, 0) is 38.3 Å². The van der Waals surface area contributed by atoms with Crippen molar-refractivity contribution in [2.24, 2.45) is 29.2 Å². The molecule has 1 spiro atoms. The number of aromatic nitrogens is 2. The van der Waals surface area contributed by atoms with E-state index in [0.29, 0.717) is 63.5 Å². The quantitative estimate of drug-likeness (QED) is 0.289. The van der Waals surface area contributed by atoms with Crippen molar-refractivity contribution >= 4 is 39.0 Å². The van der Waals surface area contributed by atoms with Crippen molar-refractivity contribution in [2.75, 3.05) is 76.9 Å². The highest BCUT2D eigenvalue weighted by atomic mass is 35.5. The van der Waals surface area contributed by atoms with Crippen LogP contribution < -0.4 is 19.1 Å². The van der Waals surface area contributed by atoms with Crippen LogP contribution in [0.15, 0.2) is 59.1 Å². The van der Waals surface area contributed by atoms with Crippen LogP contribution in [0.4, 0.5) is 5.69 Å². The Balaban J connectivity index is 1.12. The monoisotopic (exact) mass is 834 g/mol. The van der Waals surface area contributed by atoms with Crippen LogP contribution in [0.25, 0.3) is 0 Å². The molecule has 2 bridgehead atoms. The van der Waals surface area contributed by atoms with Crippen molar-refractivity contribution in [3.8, 4) is 11.6 Å². The summed E-state index contributed by atoms with van der Waals surface area (Å²) in [6, 6.07) is 11.6. The third-order valence-corrected chi connectivity index (χ3v) is 14.8. The van der Waals surface area contributed by atoms with Gasteiger partial charge in [0, 0.05) is 69.1 Å². The molecule has 312 valence electrons. The molecule has 1 saturated heterocycles. The molecule has 8 rings (SSSR count). The molecular formula is C43H55ClN6O7S. The number of hydrogen-bond acceptors (Lipinski definition) is 10. The number of amides is 2. The van der Waals surface area contributed by atoms with Crippen molar-refractivity contribution in [3.63, 3.8) is 0 Å². The van der Waals surface area contributed by atoms with E-state index in [4.69, 9.17) is 30.5 Å². The van der Waals surface area contributed by atoms with Gasteiger partial charge in [0.05, 0.1) is 37.4 Å². The molecule has 1 N–H and O–H groups in total. The number of allylic oxidation sites excluding steroid dienone is 1. The Morgan fingerprint density at radius 3 is 2.79 bits per heavy atom. The summed E-state index contributed by atoms with van der Waals surface area (Å²) in [5.41, 5.74) is 3.44. The number of aryl methyl sites for hydroxylation is 2. The minimum Gasteiger partial charge on any atom is -0.490 e. The van der Waals surface area contributed by atoms with E-state index < -0.39 is 21.7 Å². The van der Waals surface area contributed by atoms with Gasteiger partial charge in [0.2, 0.25) is 5.88 Å². The largest absolute Gasteiger partial charge is 0.490 e. The number of nitrogens with zero attached hydrogens (tertiary/aromatic N) is 5. The highest BCUT2D eigenvalue weighted by Gasteiger charge is 2.44. The van der Waals surface area contributed by atoms with Gasteiger partial charge in [-0.15, -0.1) is 9.46 Å². The lowest BCUT2D eigenvalue weighted by molar-refractivity contribution is 0.0131. The number of ether oxygens (including phenoxy) is 4. The first-order chi connectivity index (χ1) is 28.0. The molecule has 15 heteroatoms. The number of anilines is 1. The summed E-state index contributed by atoms with van der Waals surface area (Å²) in [7, 11) is -0.193. The number of morpholine rings is 1. The predicted octanol–water partition coefficient (Wildman–Crippen LogP) is 5.85. The molecular weight excluding hydrogens is 780 g/mol. The van der Waals surface area contributed by atoms with E-state index >= 15 is 0 Å². The van der Waals surface area contributed by atoms with E-state index in [0.717, 1.165) is 62.4 Å². The van der Waals surface area contributed by atoms with Crippen LogP contribution in [0, 0.1) is 17.8 Å². The van der Waals surface area contributed by atoms with Crippen LogP contribution in [0.1, 0.15) is 70.9 Å². The third kappa shape index (κ3) is 8.81. The highest BCUT2D eigenvalue weighted by Crippen LogP contribution is 2.47. The van der Waals surface area contributed by atoms with Gasteiger partial charge in [0.1, 0.15) is 27.8 Å². The predicted molar refractivity (Wildman–Crippen MR) is 223 cm³/mol. The molecule has 5 aliphatic rings. The molecule has 6 atom stereocenters. The van der Waals surface area contributed by atoms with E-state index in [1.807, 2.05) is 25.1 Å².